The van der Waals surface area contributed by atoms with Gasteiger partial charge in [-0.3, -0.25) is 14.5 Å². The third-order valence-electron chi connectivity index (χ3n) is 7.12. The van der Waals surface area contributed by atoms with Crippen molar-refractivity contribution in [2.75, 3.05) is 17.7 Å². The number of rotatable bonds is 8. The molecule has 3 amide bonds. The fourth-order valence-electron chi connectivity index (χ4n) is 5.17. The molecule has 40 heavy (non-hydrogen) atoms. The zero-order chi connectivity index (χ0) is 28.9. The van der Waals surface area contributed by atoms with Gasteiger partial charge in [-0.15, -0.1) is 11.8 Å². The number of benzene rings is 2. The highest BCUT2D eigenvalue weighted by Crippen LogP contribution is 2.49. The van der Waals surface area contributed by atoms with E-state index in [1.54, 1.807) is 61.2 Å². The van der Waals surface area contributed by atoms with Crippen LogP contribution in [0.3, 0.4) is 0 Å². The van der Waals surface area contributed by atoms with E-state index >= 15 is 0 Å². The third kappa shape index (κ3) is 6.67. The molecule has 1 aliphatic heterocycles. The monoisotopic (exact) mass is 607 g/mol. The number of ether oxygens (including phenoxy) is 1. The Kier molecular flexibility index (Phi) is 9.86. The largest absolute Gasteiger partial charge is 0.480 e. The summed E-state index contributed by atoms with van der Waals surface area (Å²) in [4.78, 5) is 52.1. The molecule has 1 spiro atoms. The normalized spacial score (nSPS) is 18.7. The van der Waals surface area contributed by atoms with Gasteiger partial charge >= 0.3 is 12.1 Å². The Balaban J connectivity index is 1.43. The first-order valence-electron chi connectivity index (χ1n) is 13.1. The average molecular weight is 609 g/mol. The summed E-state index contributed by atoms with van der Waals surface area (Å²) in [6.07, 6.45) is 4.00. The molecule has 2 fully saturated rings. The predicted octanol–water partition coefficient (Wildman–Crippen LogP) is 5.59. The Morgan fingerprint density at radius 1 is 1.07 bits per heavy atom. The maximum atomic E-state index is 13.4. The van der Waals surface area contributed by atoms with Gasteiger partial charge in [0.05, 0.1) is 27.1 Å². The number of carbonyl (C=O) groups is 4. The lowest BCUT2D eigenvalue weighted by atomic mass is 9.92. The third-order valence-corrected chi connectivity index (χ3v) is 9.37. The van der Waals surface area contributed by atoms with Crippen molar-refractivity contribution in [3.8, 4) is 0 Å². The summed E-state index contributed by atoms with van der Waals surface area (Å²) in [5.41, 5.74) is 1.25. The number of thioether (sulfide) groups is 1. The van der Waals surface area contributed by atoms with Crippen LogP contribution in [0, 0.1) is 0 Å². The highest BCUT2D eigenvalue weighted by molar-refractivity contribution is 8.01. The van der Waals surface area contributed by atoms with Gasteiger partial charge in [-0.25, -0.2) is 9.59 Å². The van der Waals surface area contributed by atoms with Crippen LogP contribution in [-0.2, 0) is 20.7 Å². The molecule has 4 rings (SSSR count). The van der Waals surface area contributed by atoms with Gasteiger partial charge in [-0.05, 0) is 49.6 Å². The van der Waals surface area contributed by atoms with Gasteiger partial charge in [0.2, 0.25) is 5.91 Å². The van der Waals surface area contributed by atoms with Crippen molar-refractivity contribution < 1.29 is 29.0 Å². The SMILES string of the molecule is CCOC(=O)N1C(C(=O)N[C@@H](Cc2ccc(NC(=O)c3c(Cl)cccc3Cl)cc2)C(=O)O)CSC12CCCCC2. The van der Waals surface area contributed by atoms with Crippen LogP contribution in [0.4, 0.5) is 10.5 Å². The Morgan fingerprint density at radius 3 is 2.33 bits per heavy atom. The first-order valence-corrected chi connectivity index (χ1v) is 14.9. The van der Waals surface area contributed by atoms with E-state index in [4.69, 9.17) is 27.9 Å². The Hall–Kier alpha value is -2.95. The molecule has 2 aliphatic rings. The zero-order valence-electron chi connectivity index (χ0n) is 22.0. The predicted molar refractivity (Wildman–Crippen MR) is 155 cm³/mol. The lowest BCUT2D eigenvalue weighted by Gasteiger charge is -2.41. The first kappa shape index (κ1) is 30.0. The Morgan fingerprint density at radius 2 is 1.73 bits per heavy atom. The van der Waals surface area contributed by atoms with Crippen LogP contribution < -0.4 is 10.6 Å². The van der Waals surface area contributed by atoms with Gasteiger partial charge in [0, 0.05) is 17.9 Å². The molecule has 2 atom stereocenters. The Labute approximate surface area is 246 Å². The van der Waals surface area contributed by atoms with Crippen LogP contribution in [0.1, 0.15) is 54.9 Å². The molecule has 0 bridgehead atoms. The van der Waals surface area contributed by atoms with E-state index in [0.717, 1.165) is 32.1 Å². The summed E-state index contributed by atoms with van der Waals surface area (Å²) in [7, 11) is 0. The van der Waals surface area contributed by atoms with Gasteiger partial charge in [0.1, 0.15) is 12.1 Å². The van der Waals surface area contributed by atoms with Crippen LogP contribution in [0.25, 0.3) is 0 Å². The van der Waals surface area contributed by atoms with Crippen molar-refractivity contribution in [3.05, 3.63) is 63.6 Å². The lowest BCUT2D eigenvalue weighted by molar-refractivity contribution is -0.142. The number of hydrogen-bond acceptors (Lipinski definition) is 6. The standard InChI is InChI=1S/C28H31Cl2N3O6S/c1-2-39-27(38)33-22(16-40-28(33)13-4-3-5-14-28)24(34)32-21(26(36)37)15-17-9-11-18(12-10-17)31-25(35)23-19(29)7-6-8-20(23)30/h6-12,21-22H,2-5,13-16H2,1H3,(H,31,35)(H,32,34)(H,36,37)/t21-,22?/m0/s1. The van der Waals surface area contributed by atoms with E-state index < -0.39 is 40.8 Å². The number of aliphatic carboxylic acids is 1. The number of carboxylic acids is 1. The molecular formula is C28H31Cl2N3O6S. The summed E-state index contributed by atoms with van der Waals surface area (Å²) in [5.74, 6) is -1.81. The van der Waals surface area contributed by atoms with Gasteiger partial charge in [0.25, 0.3) is 5.91 Å². The van der Waals surface area contributed by atoms with Crippen LogP contribution in [0.2, 0.25) is 10.0 Å². The number of carboxylic acid groups (broad SMARTS) is 1. The van der Waals surface area contributed by atoms with Crippen molar-refractivity contribution in [1.82, 2.24) is 10.2 Å². The molecule has 3 N–H and O–H groups in total. The molecule has 0 radical (unpaired) electrons. The topological polar surface area (TPSA) is 125 Å². The van der Waals surface area contributed by atoms with Crippen LogP contribution in [-0.4, -0.2) is 63.2 Å². The number of carbonyl (C=O) groups excluding carboxylic acids is 3. The minimum Gasteiger partial charge on any atom is -0.480 e. The second-order valence-corrected chi connectivity index (χ2v) is 12.0. The molecule has 12 heteroatoms. The minimum absolute atomic E-state index is 0.00997. The van der Waals surface area contributed by atoms with E-state index in [0.29, 0.717) is 17.0 Å². The van der Waals surface area contributed by atoms with Gasteiger partial charge in [-0.2, -0.15) is 0 Å². The fourth-order valence-corrected chi connectivity index (χ4v) is 7.42. The van der Waals surface area contributed by atoms with E-state index in [1.165, 1.54) is 4.90 Å². The summed E-state index contributed by atoms with van der Waals surface area (Å²) in [6.45, 7) is 1.90. The smallest absolute Gasteiger partial charge is 0.411 e. The van der Waals surface area contributed by atoms with E-state index in [9.17, 15) is 24.3 Å². The van der Waals surface area contributed by atoms with Gasteiger partial charge < -0.3 is 20.5 Å². The molecule has 0 aromatic heterocycles. The number of nitrogens with one attached hydrogen (secondary N) is 2. The molecule has 9 nitrogen and oxygen atoms in total. The number of hydrogen-bond donors (Lipinski definition) is 3. The summed E-state index contributed by atoms with van der Waals surface area (Å²) < 4.78 is 5.29. The van der Waals surface area contributed by atoms with E-state index in [2.05, 4.69) is 10.6 Å². The van der Waals surface area contributed by atoms with Crippen molar-refractivity contribution in [2.45, 2.75) is 62.4 Å². The van der Waals surface area contributed by atoms with Gasteiger partial charge in [-0.1, -0.05) is 60.7 Å². The van der Waals surface area contributed by atoms with E-state index in [-0.39, 0.29) is 28.6 Å². The first-order chi connectivity index (χ1) is 19.1. The molecule has 2 aromatic carbocycles. The van der Waals surface area contributed by atoms with Crippen molar-refractivity contribution in [1.29, 1.82) is 0 Å². The summed E-state index contributed by atoms with van der Waals surface area (Å²) in [5, 5.41) is 15.7. The fraction of sp³-hybridized carbons (Fsp3) is 0.429. The minimum atomic E-state index is -1.22. The average Bonchev–Trinajstić information content (AvgIpc) is 3.28. The molecular weight excluding hydrogens is 577 g/mol. The molecule has 1 aliphatic carbocycles. The zero-order valence-corrected chi connectivity index (χ0v) is 24.3. The van der Waals surface area contributed by atoms with Gasteiger partial charge in [0.15, 0.2) is 0 Å². The summed E-state index contributed by atoms with van der Waals surface area (Å²) in [6, 6.07) is 9.32. The second kappa shape index (κ2) is 13.1. The highest BCUT2D eigenvalue weighted by atomic mass is 35.5. The van der Waals surface area contributed by atoms with Crippen molar-refractivity contribution in [2.24, 2.45) is 0 Å². The lowest BCUT2D eigenvalue weighted by Crippen LogP contribution is -2.57. The second-order valence-electron chi connectivity index (χ2n) is 9.75. The quantitative estimate of drug-likeness (QED) is 0.357. The molecule has 1 saturated heterocycles. The van der Waals surface area contributed by atoms with E-state index in [1.807, 2.05) is 0 Å². The summed E-state index contributed by atoms with van der Waals surface area (Å²) >= 11 is 13.8. The number of anilines is 1. The molecule has 1 unspecified atom stereocenters. The van der Waals surface area contributed by atoms with Crippen LogP contribution in [0.15, 0.2) is 42.5 Å². The molecule has 1 heterocycles. The maximum Gasteiger partial charge on any atom is 0.411 e. The maximum absolute atomic E-state index is 13.4. The van der Waals surface area contributed by atoms with Crippen molar-refractivity contribution in [3.63, 3.8) is 0 Å². The molecule has 214 valence electrons. The molecule has 1 saturated carbocycles. The van der Waals surface area contributed by atoms with Crippen molar-refractivity contribution >= 4 is 64.5 Å². The Bertz CT molecular complexity index is 1250. The molecule has 2 aromatic rings. The van der Waals surface area contributed by atoms with Crippen LogP contribution in [0.5, 0.6) is 0 Å². The number of halogens is 2. The van der Waals surface area contributed by atoms with Crippen LogP contribution >= 0.6 is 35.0 Å². The number of amides is 3. The highest BCUT2D eigenvalue weighted by Gasteiger charge is 2.53. The number of nitrogens with zero attached hydrogens (tertiary/aromatic N) is 1.